The van der Waals surface area contributed by atoms with E-state index in [0.29, 0.717) is 18.5 Å². The molecular weight excluding hydrogens is 269 g/mol. The normalized spacial score (nSPS) is 11.7. The van der Waals surface area contributed by atoms with E-state index in [-0.39, 0.29) is 17.9 Å². The monoisotopic (exact) mass is 287 g/mol. The zero-order valence-corrected chi connectivity index (χ0v) is 11.8. The second kappa shape index (κ2) is 7.38. The first-order valence-electron chi connectivity index (χ1n) is 6.85. The molecule has 1 aromatic heterocycles. The molecule has 0 aliphatic carbocycles. The summed E-state index contributed by atoms with van der Waals surface area (Å²) in [4.78, 5) is 15.9. The predicted octanol–water partition coefficient (Wildman–Crippen LogP) is 2.82. The van der Waals surface area contributed by atoms with E-state index in [4.69, 9.17) is 0 Å². The van der Waals surface area contributed by atoms with Crippen molar-refractivity contribution in [2.75, 3.05) is 6.54 Å². The van der Waals surface area contributed by atoms with Crippen molar-refractivity contribution in [2.45, 2.75) is 19.4 Å². The minimum Gasteiger partial charge on any atom is -0.338 e. The smallest absolute Gasteiger partial charge is 0.315 e. The molecule has 1 atom stereocenters. The average Bonchev–Trinajstić information content (AvgIpc) is 2.50. The first-order chi connectivity index (χ1) is 10.2. The molecule has 0 aliphatic heterocycles. The zero-order chi connectivity index (χ0) is 15.1. The van der Waals surface area contributed by atoms with E-state index < -0.39 is 0 Å². The highest BCUT2D eigenvalue weighted by Crippen LogP contribution is 2.08. The summed E-state index contributed by atoms with van der Waals surface area (Å²) in [5.41, 5.74) is 1.39. The van der Waals surface area contributed by atoms with Crippen molar-refractivity contribution in [3.8, 4) is 0 Å². The van der Waals surface area contributed by atoms with Gasteiger partial charge in [-0.15, -0.1) is 0 Å². The minimum atomic E-state index is -0.288. The molecule has 1 aromatic carbocycles. The summed E-state index contributed by atoms with van der Waals surface area (Å²) < 4.78 is 13.4. The number of rotatable bonds is 5. The summed E-state index contributed by atoms with van der Waals surface area (Å²) in [5, 5.41) is 5.51. The van der Waals surface area contributed by atoms with Crippen LogP contribution in [0.4, 0.5) is 9.18 Å². The summed E-state index contributed by atoms with van der Waals surface area (Å²) in [6.45, 7) is 2.24. The largest absolute Gasteiger partial charge is 0.338 e. The van der Waals surface area contributed by atoms with Crippen LogP contribution >= 0.6 is 0 Å². The highest BCUT2D eigenvalue weighted by Gasteiger charge is 2.09. The Labute approximate surface area is 123 Å². The number of halogens is 1. The molecule has 2 amide bonds. The van der Waals surface area contributed by atoms with Crippen molar-refractivity contribution in [2.24, 2.45) is 0 Å². The van der Waals surface area contributed by atoms with E-state index in [0.717, 1.165) is 5.69 Å². The number of amides is 2. The van der Waals surface area contributed by atoms with Crippen LogP contribution in [0.1, 0.15) is 24.2 Å². The topological polar surface area (TPSA) is 54.0 Å². The maximum Gasteiger partial charge on any atom is 0.315 e. The number of urea groups is 1. The lowest BCUT2D eigenvalue weighted by atomic mass is 10.1. The van der Waals surface area contributed by atoms with Crippen LogP contribution in [-0.4, -0.2) is 17.6 Å². The molecular formula is C16H18FN3O. The highest BCUT2D eigenvalue weighted by atomic mass is 19.1. The van der Waals surface area contributed by atoms with Crippen LogP contribution in [0.25, 0.3) is 0 Å². The van der Waals surface area contributed by atoms with Crippen LogP contribution in [0.5, 0.6) is 0 Å². The van der Waals surface area contributed by atoms with Gasteiger partial charge in [0.25, 0.3) is 0 Å². The van der Waals surface area contributed by atoms with Gasteiger partial charge < -0.3 is 10.6 Å². The Kier molecular flexibility index (Phi) is 5.26. The highest BCUT2D eigenvalue weighted by molar-refractivity contribution is 5.74. The molecule has 0 bridgehead atoms. The fraction of sp³-hybridized carbons (Fsp3) is 0.250. The number of benzene rings is 1. The molecule has 5 heteroatoms. The van der Waals surface area contributed by atoms with E-state index in [1.54, 1.807) is 24.4 Å². The SMILES string of the molecule is CC(NC(=O)NCCc1ccccc1F)c1ccccn1. The van der Waals surface area contributed by atoms with Crippen molar-refractivity contribution in [1.82, 2.24) is 15.6 Å². The van der Waals surface area contributed by atoms with Gasteiger partial charge in [0.05, 0.1) is 11.7 Å². The summed E-state index contributed by atoms with van der Waals surface area (Å²) in [7, 11) is 0. The lowest BCUT2D eigenvalue weighted by Crippen LogP contribution is -2.38. The molecule has 2 aromatic rings. The minimum absolute atomic E-state index is 0.181. The molecule has 1 unspecified atom stereocenters. The Morgan fingerprint density at radius 2 is 2.00 bits per heavy atom. The Morgan fingerprint density at radius 1 is 1.24 bits per heavy atom. The molecule has 4 nitrogen and oxygen atoms in total. The van der Waals surface area contributed by atoms with Crippen molar-refractivity contribution in [3.63, 3.8) is 0 Å². The van der Waals surface area contributed by atoms with Crippen LogP contribution in [0, 0.1) is 5.82 Å². The van der Waals surface area contributed by atoms with Crippen molar-refractivity contribution < 1.29 is 9.18 Å². The Balaban J connectivity index is 1.76. The quantitative estimate of drug-likeness (QED) is 0.888. The molecule has 1 heterocycles. The van der Waals surface area contributed by atoms with Gasteiger partial charge in [-0.1, -0.05) is 24.3 Å². The molecule has 0 aliphatic rings. The summed E-state index contributed by atoms with van der Waals surface area (Å²) in [6.07, 6.45) is 2.14. The number of carbonyl (C=O) groups excluding carboxylic acids is 1. The van der Waals surface area contributed by atoms with Gasteiger partial charge in [-0.05, 0) is 37.1 Å². The van der Waals surface area contributed by atoms with Crippen molar-refractivity contribution in [1.29, 1.82) is 0 Å². The summed E-state index contributed by atoms with van der Waals surface area (Å²) >= 11 is 0. The third-order valence-corrected chi connectivity index (χ3v) is 3.12. The Hall–Kier alpha value is -2.43. The fourth-order valence-electron chi connectivity index (χ4n) is 1.97. The molecule has 0 spiro atoms. The second-order valence-corrected chi connectivity index (χ2v) is 4.72. The third kappa shape index (κ3) is 4.56. The lowest BCUT2D eigenvalue weighted by molar-refractivity contribution is 0.238. The standard InChI is InChI=1S/C16H18FN3O/c1-12(15-8-4-5-10-18-15)20-16(21)19-11-9-13-6-2-3-7-14(13)17/h2-8,10,12H,9,11H2,1H3,(H2,19,20,21). The zero-order valence-electron chi connectivity index (χ0n) is 11.8. The van der Waals surface area contributed by atoms with Crippen LogP contribution in [0.2, 0.25) is 0 Å². The van der Waals surface area contributed by atoms with Gasteiger partial charge in [-0.3, -0.25) is 4.98 Å². The van der Waals surface area contributed by atoms with Crippen molar-refractivity contribution >= 4 is 6.03 Å². The third-order valence-electron chi connectivity index (χ3n) is 3.12. The molecule has 21 heavy (non-hydrogen) atoms. The number of carbonyl (C=O) groups is 1. The first kappa shape index (κ1) is 15.0. The molecule has 0 fully saturated rings. The molecule has 0 radical (unpaired) electrons. The maximum absolute atomic E-state index is 13.4. The summed E-state index contributed by atoms with van der Waals surface area (Å²) in [6, 6.07) is 11.6. The number of hydrogen-bond donors (Lipinski definition) is 2. The van der Waals surface area contributed by atoms with Crippen LogP contribution in [-0.2, 0) is 6.42 Å². The molecule has 0 saturated carbocycles. The molecule has 2 rings (SSSR count). The number of pyridine rings is 1. The van der Waals surface area contributed by atoms with Crippen LogP contribution in [0.15, 0.2) is 48.7 Å². The van der Waals surface area contributed by atoms with Gasteiger partial charge in [0.2, 0.25) is 0 Å². The number of nitrogens with one attached hydrogen (secondary N) is 2. The fourth-order valence-corrected chi connectivity index (χ4v) is 1.97. The molecule has 110 valence electrons. The molecule has 0 saturated heterocycles. The summed E-state index contributed by atoms with van der Waals surface area (Å²) in [5.74, 6) is -0.249. The van der Waals surface area contributed by atoms with Gasteiger partial charge in [-0.25, -0.2) is 9.18 Å². The van der Waals surface area contributed by atoms with E-state index in [9.17, 15) is 9.18 Å². The van der Waals surface area contributed by atoms with E-state index in [1.807, 2.05) is 25.1 Å². The first-order valence-corrected chi connectivity index (χ1v) is 6.85. The number of hydrogen-bond acceptors (Lipinski definition) is 2. The predicted molar refractivity (Wildman–Crippen MR) is 79.3 cm³/mol. The Morgan fingerprint density at radius 3 is 2.71 bits per heavy atom. The van der Waals surface area contributed by atoms with Gasteiger partial charge in [0.15, 0.2) is 0 Å². The van der Waals surface area contributed by atoms with Gasteiger partial charge in [-0.2, -0.15) is 0 Å². The number of nitrogens with zero attached hydrogens (tertiary/aromatic N) is 1. The van der Waals surface area contributed by atoms with E-state index in [2.05, 4.69) is 15.6 Å². The van der Waals surface area contributed by atoms with Crippen LogP contribution in [0.3, 0.4) is 0 Å². The lowest BCUT2D eigenvalue weighted by Gasteiger charge is -2.14. The average molecular weight is 287 g/mol. The van der Waals surface area contributed by atoms with E-state index >= 15 is 0 Å². The van der Waals surface area contributed by atoms with Gasteiger partial charge in [0.1, 0.15) is 5.82 Å². The Bertz CT molecular complexity index is 589. The van der Waals surface area contributed by atoms with Crippen LogP contribution < -0.4 is 10.6 Å². The van der Waals surface area contributed by atoms with Gasteiger partial charge >= 0.3 is 6.03 Å². The number of aromatic nitrogens is 1. The molecule has 2 N–H and O–H groups in total. The second-order valence-electron chi connectivity index (χ2n) is 4.72. The van der Waals surface area contributed by atoms with Crippen molar-refractivity contribution in [3.05, 3.63) is 65.7 Å². The van der Waals surface area contributed by atoms with E-state index in [1.165, 1.54) is 6.07 Å². The van der Waals surface area contributed by atoms with Gasteiger partial charge in [0, 0.05) is 12.7 Å². The maximum atomic E-state index is 13.4.